The van der Waals surface area contributed by atoms with Crippen molar-refractivity contribution in [2.75, 3.05) is 18.6 Å². The number of hydrogen-bond donors (Lipinski definition) is 1. The van der Waals surface area contributed by atoms with Crippen LogP contribution in [0, 0.1) is 5.82 Å². The zero-order valence-electron chi connectivity index (χ0n) is 13.9. The molecule has 7 heteroatoms. The van der Waals surface area contributed by atoms with Gasteiger partial charge in [0.2, 0.25) is 5.91 Å². The predicted octanol–water partition coefficient (Wildman–Crippen LogP) is 2.61. The number of benzene rings is 2. The van der Waals surface area contributed by atoms with Gasteiger partial charge in [0.1, 0.15) is 5.82 Å². The van der Waals surface area contributed by atoms with E-state index in [9.17, 15) is 17.6 Å². The molecule has 1 saturated heterocycles. The molecule has 3 rings (SSSR count). The van der Waals surface area contributed by atoms with Crippen LogP contribution in [0.15, 0.2) is 53.4 Å². The van der Waals surface area contributed by atoms with Crippen molar-refractivity contribution in [3.8, 4) is 0 Å². The highest BCUT2D eigenvalue weighted by Crippen LogP contribution is 2.34. The first-order valence-corrected chi connectivity index (χ1v) is 9.72. The third kappa shape index (κ3) is 3.66. The molecule has 1 heterocycles. The number of amides is 1. The molecule has 1 aliphatic rings. The van der Waals surface area contributed by atoms with Gasteiger partial charge in [-0.15, -0.1) is 0 Å². The lowest BCUT2D eigenvalue weighted by Crippen LogP contribution is -2.29. The highest BCUT2D eigenvalue weighted by atomic mass is 32.2. The SMILES string of the molecule is CN1C(=O)CC(Nc2ccc(S(C)(=O)=O)cc2)C1c1ccc(F)cc1. The lowest BCUT2D eigenvalue weighted by Gasteiger charge is -2.26. The molecule has 2 aromatic rings. The van der Waals surface area contributed by atoms with Crippen LogP contribution in [0.25, 0.3) is 0 Å². The van der Waals surface area contributed by atoms with Crippen molar-refractivity contribution in [2.45, 2.75) is 23.4 Å². The quantitative estimate of drug-likeness (QED) is 0.908. The van der Waals surface area contributed by atoms with Crippen molar-refractivity contribution in [1.29, 1.82) is 0 Å². The molecule has 25 heavy (non-hydrogen) atoms. The summed E-state index contributed by atoms with van der Waals surface area (Å²) in [6, 6.07) is 12.1. The summed E-state index contributed by atoms with van der Waals surface area (Å²) < 4.78 is 36.3. The predicted molar refractivity (Wildman–Crippen MR) is 93.5 cm³/mol. The van der Waals surface area contributed by atoms with Crippen molar-refractivity contribution < 1.29 is 17.6 Å². The molecule has 1 fully saturated rings. The van der Waals surface area contributed by atoms with Gasteiger partial charge in [-0.05, 0) is 42.0 Å². The first-order chi connectivity index (χ1) is 11.8. The number of hydrogen-bond acceptors (Lipinski definition) is 4. The summed E-state index contributed by atoms with van der Waals surface area (Å²) >= 11 is 0. The summed E-state index contributed by atoms with van der Waals surface area (Å²) in [6.07, 6.45) is 1.47. The number of nitrogens with zero attached hydrogens (tertiary/aromatic N) is 1. The van der Waals surface area contributed by atoms with E-state index in [1.807, 2.05) is 0 Å². The molecule has 1 N–H and O–H groups in total. The second kappa shape index (κ2) is 6.48. The normalized spacial score (nSPS) is 20.8. The lowest BCUT2D eigenvalue weighted by atomic mass is 10.00. The maximum Gasteiger partial charge on any atom is 0.225 e. The number of sulfone groups is 1. The Bertz CT molecular complexity index is 880. The minimum absolute atomic E-state index is 0.000388. The fourth-order valence-electron chi connectivity index (χ4n) is 3.13. The molecule has 0 radical (unpaired) electrons. The van der Waals surface area contributed by atoms with E-state index in [1.54, 1.807) is 36.2 Å². The molecule has 2 atom stereocenters. The van der Waals surface area contributed by atoms with E-state index in [2.05, 4.69) is 5.32 Å². The Morgan fingerprint density at radius 1 is 1.08 bits per heavy atom. The number of likely N-dealkylation sites (N-methyl/N-ethyl adjacent to an activating group) is 1. The number of carbonyl (C=O) groups is 1. The second-order valence-electron chi connectivity index (χ2n) is 6.25. The fraction of sp³-hybridized carbons (Fsp3) is 0.278. The Hall–Kier alpha value is -2.41. The number of anilines is 1. The molecule has 0 aliphatic carbocycles. The van der Waals surface area contributed by atoms with Gasteiger partial charge in [-0.2, -0.15) is 0 Å². The average Bonchev–Trinajstić information content (AvgIpc) is 2.82. The molecule has 0 saturated carbocycles. The summed E-state index contributed by atoms with van der Waals surface area (Å²) in [5, 5.41) is 3.29. The third-order valence-corrected chi connectivity index (χ3v) is 5.56. The molecular weight excluding hydrogens is 343 g/mol. The van der Waals surface area contributed by atoms with Gasteiger partial charge in [-0.1, -0.05) is 12.1 Å². The van der Waals surface area contributed by atoms with Crippen LogP contribution < -0.4 is 5.32 Å². The molecule has 2 unspecified atom stereocenters. The summed E-state index contributed by atoms with van der Waals surface area (Å²) in [5.74, 6) is -0.323. The minimum Gasteiger partial charge on any atom is -0.379 e. The van der Waals surface area contributed by atoms with E-state index in [0.29, 0.717) is 6.42 Å². The third-order valence-electron chi connectivity index (χ3n) is 4.43. The van der Waals surface area contributed by atoms with E-state index in [1.165, 1.54) is 24.3 Å². The van der Waals surface area contributed by atoms with Gasteiger partial charge in [-0.3, -0.25) is 4.79 Å². The molecule has 5 nitrogen and oxygen atoms in total. The topological polar surface area (TPSA) is 66.5 Å². The summed E-state index contributed by atoms with van der Waals surface area (Å²) in [4.78, 5) is 14.0. The lowest BCUT2D eigenvalue weighted by molar-refractivity contribution is -0.127. The van der Waals surface area contributed by atoms with E-state index in [4.69, 9.17) is 0 Å². The smallest absolute Gasteiger partial charge is 0.225 e. The molecule has 2 aromatic carbocycles. The van der Waals surface area contributed by atoms with Crippen molar-refractivity contribution in [2.24, 2.45) is 0 Å². The largest absolute Gasteiger partial charge is 0.379 e. The maximum absolute atomic E-state index is 13.2. The van der Waals surface area contributed by atoms with Gasteiger partial charge in [0.15, 0.2) is 9.84 Å². The molecule has 0 bridgehead atoms. The molecule has 132 valence electrons. The van der Waals surface area contributed by atoms with Crippen LogP contribution in [0.1, 0.15) is 18.0 Å². The standard InChI is InChI=1S/C18H19FN2O3S/c1-21-17(22)11-16(18(21)12-3-5-13(19)6-4-12)20-14-7-9-15(10-8-14)25(2,23)24/h3-10,16,18,20H,11H2,1-2H3. The van der Waals surface area contributed by atoms with Crippen molar-refractivity contribution in [3.05, 3.63) is 59.9 Å². The van der Waals surface area contributed by atoms with E-state index < -0.39 is 9.84 Å². The van der Waals surface area contributed by atoms with Gasteiger partial charge in [0.25, 0.3) is 0 Å². The zero-order chi connectivity index (χ0) is 18.2. The van der Waals surface area contributed by atoms with Gasteiger partial charge < -0.3 is 10.2 Å². The van der Waals surface area contributed by atoms with Crippen LogP contribution in [0.4, 0.5) is 10.1 Å². The molecular formula is C18H19FN2O3S. The van der Waals surface area contributed by atoms with E-state index in [0.717, 1.165) is 17.5 Å². The Balaban J connectivity index is 1.84. The zero-order valence-corrected chi connectivity index (χ0v) is 14.8. The first kappa shape index (κ1) is 17.4. The Kier molecular flexibility index (Phi) is 4.51. The fourth-order valence-corrected chi connectivity index (χ4v) is 3.76. The van der Waals surface area contributed by atoms with Crippen LogP contribution in [0.2, 0.25) is 0 Å². The van der Waals surface area contributed by atoms with Crippen LogP contribution in [0.5, 0.6) is 0 Å². The number of nitrogens with one attached hydrogen (secondary N) is 1. The van der Waals surface area contributed by atoms with Crippen LogP contribution in [-0.2, 0) is 14.6 Å². The maximum atomic E-state index is 13.2. The number of rotatable bonds is 4. The highest BCUT2D eigenvalue weighted by Gasteiger charge is 2.38. The van der Waals surface area contributed by atoms with E-state index in [-0.39, 0.29) is 28.7 Å². The average molecular weight is 362 g/mol. The van der Waals surface area contributed by atoms with Gasteiger partial charge in [0, 0.05) is 25.4 Å². The monoisotopic (exact) mass is 362 g/mol. The van der Waals surface area contributed by atoms with Gasteiger partial charge >= 0.3 is 0 Å². The Morgan fingerprint density at radius 3 is 2.24 bits per heavy atom. The van der Waals surface area contributed by atoms with Gasteiger partial charge in [0.05, 0.1) is 17.0 Å². The number of likely N-dealkylation sites (tertiary alicyclic amines) is 1. The Labute approximate surface area is 146 Å². The van der Waals surface area contributed by atoms with Crippen LogP contribution >= 0.6 is 0 Å². The number of carbonyl (C=O) groups excluding carboxylic acids is 1. The molecule has 0 spiro atoms. The molecule has 0 aromatic heterocycles. The van der Waals surface area contributed by atoms with Crippen LogP contribution in [0.3, 0.4) is 0 Å². The summed E-state index contributed by atoms with van der Waals surface area (Å²) in [5.41, 5.74) is 1.58. The Morgan fingerprint density at radius 2 is 1.68 bits per heavy atom. The minimum atomic E-state index is -3.25. The van der Waals surface area contributed by atoms with Crippen molar-refractivity contribution in [1.82, 2.24) is 4.90 Å². The molecule has 1 aliphatic heterocycles. The van der Waals surface area contributed by atoms with E-state index >= 15 is 0 Å². The summed E-state index contributed by atoms with van der Waals surface area (Å²) in [6.45, 7) is 0. The molecule has 1 amide bonds. The number of halogens is 1. The van der Waals surface area contributed by atoms with Crippen molar-refractivity contribution in [3.63, 3.8) is 0 Å². The van der Waals surface area contributed by atoms with Crippen LogP contribution in [-0.4, -0.2) is 38.6 Å². The second-order valence-corrected chi connectivity index (χ2v) is 8.27. The summed E-state index contributed by atoms with van der Waals surface area (Å²) in [7, 11) is -1.52. The van der Waals surface area contributed by atoms with Crippen molar-refractivity contribution >= 4 is 21.4 Å². The van der Waals surface area contributed by atoms with Gasteiger partial charge in [-0.25, -0.2) is 12.8 Å². The first-order valence-electron chi connectivity index (χ1n) is 7.83. The highest BCUT2D eigenvalue weighted by molar-refractivity contribution is 7.90.